The highest BCUT2D eigenvalue weighted by Crippen LogP contribution is 2.14. The van der Waals surface area contributed by atoms with E-state index in [1.165, 1.54) is 0 Å². The van der Waals surface area contributed by atoms with Crippen molar-refractivity contribution in [2.45, 2.75) is 26.3 Å². The summed E-state index contributed by atoms with van der Waals surface area (Å²) in [7, 11) is 1.76. The molecule has 0 heterocycles. The molecule has 20 heavy (non-hydrogen) atoms. The van der Waals surface area contributed by atoms with Crippen LogP contribution in [0.25, 0.3) is 0 Å². The summed E-state index contributed by atoms with van der Waals surface area (Å²) in [6.07, 6.45) is 0.470. The molecule has 1 aromatic carbocycles. The van der Waals surface area contributed by atoms with Gasteiger partial charge in [0.1, 0.15) is 0 Å². The highest BCUT2D eigenvalue weighted by molar-refractivity contribution is 5.74. The van der Waals surface area contributed by atoms with E-state index in [2.05, 4.69) is 17.2 Å². The van der Waals surface area contributed by atoms with Gasteiger partial charge in [-0.15, -0.1) is 0 Å². The first-order chi connectivity index (χ1) is 9.58. The zero-order chi connectivity index (χ0) is 15.0. The van der Waals surface area contributed by atoms with Gasteiger partial charge in [-0.1, -0.05) is 24.0 Å². The minimum absolute atomic E-state index is 0.0719. The SMILES string of the molecule is CCN(C)C(=O)NC(C)c1cccc(C#CCCO)c1. The molecular formula is C16H22N2O2. The van der Waals surface area contributed by atoms with Gasteiger partial charge in [0.15, 0.2) is 0 Å². The topological polar surface area (TPSA) is 52.6 Å². The molecule has 1 aromatic rings. The Bertz CT molecular complexity index is 503. The van der Waals surface area contributed by atoms with Gasteiger partial charge in [-0.25, -0.2) is 4.79 Å². The summed E-state index contributed by atoms with van der Waals surface area (Å²) in [6.45, 7) is 4.62. The molecule has 0 aliphatic heterocycles. The Kier molecular flexibility index (Phi) is 6.61. The second-order valence-corrected chi connectivity index (χ2v) is 4.59. The van der Waals surface area contributed by atoms with E-state index in [1.54, 1.807) is 11.9 Å². The smallest absolute Gasteiger partial charge is 0.317 e. The van der Waals surface area contributed by atoms with Gasteiger partial charge in [0.2, 0.25) is 0 Å². The lowest BCUT2D eigenvalue weighted by Gasteiger charge is -2.20. The molecule has 2 amide bonds. The molecule has 0 spiro atoms. The van der Waals surface area contributed by atoms with Crippen molar-refractivity contribution in [1.29, 1.82) is 0 Å². The predicted molar refractivity (Wildman–Crippen MR) is 80.3 cm³/mol. The summed E-state index contributed by atoms with van der Waals surface area (Å²) >= 11 is 0. The summed E-state index contributed by atoms with van der Waals surface area (Å²) < 4.78 is 0. The molecule has 4 nitrogen and oxygen atoms in total. The third-order valence-corrected chi connectivity index (χ3v) is 3.02. The lowest BCUT2D eigenvalue weighted by molar-refractivity contribution is 0.208. The number of hydrogen-bond acceptors (Lipinski definition) is 2. The van der Waals surface area contributed by atoms with Crippen molar-refractivity contribution >= 4 is 6.03 Å². The summed E-state index contributed by atoms with van der Waals surface area (Å²) in [4.78, 5) is 13.4. The Labute approximate surface area is 120 Å². The average molecular weight is 274 g/mol. The standard InChI is InChI=1S/C16H22N2O2/c1-4-18(3)16(20)17-13(2)15-10-7-9-14(12-15)8-5-6-11-19/h7,9-10,12-13,19H,4,6,11H2,1-3H3,(H,17,20). The van der Waals surface area contributed by atoms with E-state index in [0.717, 1.165) is 11.1 Å². The maximum absolute atomic E-state index is 11.8. The number of carbonyl (C=O) groups excluding carboxylic acids is 1. The van der Waals surface area contributed by atoms with Gasteiger partial charge >= 0.3 is 6.03 Å². The van der Waals surface area contributed by atoms with Crippen LogP contribution >= 0.6 is 0 Å². The van der Waals surface area contributed by atoms with Gasteiger partial charge in [0, 0.05) is 25.6 Å². The second-order valence-electron chi connectivity index (χ2n) is 4.59. The van der Waals surface area contributed by atoms with E-state index in [9.17, 15) is 4.79 Å². The van der Waals surface area contributed by atoms with Crippen LogP contribution in [-0.4, -0.2) is 36.2 Å². The van der Waals surface area contributed by atoms with Gasteiger partial charge in [-0.05, 0) is 31.5 Å². The normalized spacial score (nSPS) is 11.2. The van der Waals surface area contributed by atoms with Crippen molar-refractivity contribution in [3.05, 3.63) is 35.4 Å². The zero-order valence-electron chi connectivity index (χ0n) is 12.3. The molecule has 0 fully saturated rings. The van der Waals surface area contributed by atoms with E-state index in [0.29, 0.717) is 13.0 Å². The van der Waals surface area contributed by atoms with Gasteiger partial charge in [0.05, 0.1) is 12.6 Å². The number of amides is 2. The number of rotatable bonds is 4. The number of nitrogens with one attached hydrogen (secondary N) is 1. The van der Waals surface area contributed by atoms with Crippen LogP contribution in [0.2, 0.25) is 0 Å². The van der Waals surface area contributed by atoms with E-state index in [1.807, 2.05) is 38.1 Å². The molecule has 0 bridgehead atoms. The molecule has 0 aromatic heterocycles. The predicted octanol–water partition coefficient (Wildman–Crippen LogP) is 2.14. The fraction of sp³-hybridized carbons (Fsp3) is 0.438. The minimum Gasteiger partial charge on any atom is -0.395 e. The fourth-order valence-corrected chi connectivity index (χ4v) is 1.63. The first kappa shape index (κ1) is 16.1. The van der Waals surface area contributed by atoms with Gasteiger partial charge in [0.25, 0.3) is 0 Å². The molecule has 0 aliphatic rings. The van der Waals surface area contributed by atoms with Crippen molar-refractivity contribution in [2.75, 3.05) is 20.2 Å². The third-order valence-electron chi connectivity index (χ3n) is 3.02. The first-order valence-corrected chi connectivity index (χ1v) is 6.79. The third kappa shape index (κ3) is 4.94. The second kappa shape index (κ2) is 8.23. The molecule has 1 atom stereocenters. The summed E-state index contributed by atoms with van der Waals surface area (Å²) in [5, 5.41) is 11.6. The largest absolute Gasteiger partial charge is 0.395 e. The lowest BCUT2D eigenvalue weighted by Crippen LogP contribution is -2.38. The first-order valence-electron chi connectivity index (χ1n) is 6.79. The zero-order valence-corrected chi connectivity index (χ0v) is 12.3. The van der Waals surface area contributed by atoms with E-state index in [-0.39, 0.29) is 18.7 Å². The molecule has 0 saturated carbocycles. The maximum Gasteiger partial charge on any atom is 0.317 e. The Morgan fingerprint density at radius 3 is 2.90 bits per heavy atom. The quantitative estimate of drug-likeness (QED) is 0.827. The van der Waals surface area contributed by atoms with E-state index < -0.39 is 0 Å². The highest BCUT2D eigenvalue weighted by Gasteiger charge is 2.11. The van der Waals surface area contributed by atoms with Crippen LogP contribution in [-0.2, 0) is 0 Å². The van der Waals surface area contributed by atoms with Gasteiger partial charge in [-0.2, -0.15) is 0 Å². The van der Waals surface area contributed by atoms with E-state index in [4.69, 9.17) is 5.11 Å². The maximum atomic E-state index is 11.8. The average Bonchev–Trinajstić information content (AvgIpc) is 2.46. The van der Waals surface area contributed by atoms with Crippen LogP contribution in [0.15, 0.2) is 24.3 Å². The minimum atomic E-state index is -0.0863. The Morgan fingerprint density at radius 2 is 2.25 bits per heavy atom. The fourth-order valence-electron chi connectivity index (χ4n) is 1.63. The van der Waals surface area contributed by atoms with Crippen LogP contribution in [0.5, 0.6) is 0 Å². The summed E-state index contributed by atoms with van der Waals surface area (Å²) in [5.41, 5.74) is 1.90. The summed E-state index contributed by atoms with van der Waals surface area (Å²) in [5.74, 6) is 5.89. The van der Waals surface area contributed by atoms with Crippen LogP contribution in [0.4, 0.5) is 4.79 Å². The molecule has 4 heteroatoms. The molecule has 108 valence electrons. The van der Waals surface area contributed by atoms with Crippen molar-refractivity contribution in [3.63, 3.8) is 0 Å². The molecule has 0 aliphatic carbocycles. The molecule has 0 saturated heterocycles. The van der Waals surface area contributed by atoms with Crippen LogP contribution < -0.4 is 5.32 Å². The van der Waals surface area contributed by atoms with Gasteiger partial charge < -0.3 is 15.3 Å². The number of urea groups is 1. The molecule has 2 N–H and O–H groups in total. The lowest BCUT2D eigenvalue weighted by atomic mass is 10.1. The monoisotopic (exact) mass is 274 g/mol. The Hall–Kier alpha value is -1.99. The molecule has 1 unspecified atom stereocenters. The Morgan fingerprint density at radius 1 is 1.50 bits per heavy atom. The number of aliphatic hydroxyl groups is 1. The van der Waals surface area contributed by atoms with Gasteiger partial charge in [-0.3, -0.25) is 0 Å². The van der Waals surface area contributed by atoms with Crippen LogP contribution in [0, 0.1) is 11.8 Å². The van der Waals surface area contributed by atoms with Crippen molar-refractivity contribution in [3.8, 4) is 11.8 Å². The number of aliphatic hydroxyl groups excluding tert-OH is 1. The number of carbonyl (C=O) groups is 1. The molecule has 1 rings (SSSR count). The molecular weight excluding hydrogens is 252 g/mol. The van der Waals surface area contributed by atoms with Crippen molar-refractivity contribution < 1.29 is 9.90 Å². The molecule has 0 radical (unpaired) electrons. The van der Waals surface area contributed by atoms with Crippen LogP contribution in [0.1, 0.15) is 37.4 Å². The summed E-state index contributed by atoms with van der Waals surface area (Å²) in [6, 6.07) is 7.60. The van der Waals surface area contributed by atoms with Crippen molar-refractivity contribution in [2.24, 2.45) is 0 Å². The number of benzene rings is 1. The number of nitrogens with zero attached hydrogens (tertiary/aromatic N) is 1. The van der Waals surface area contributed by atoms with E-state index >= 15 is 0 Å². The highest BCUT2D eigenvalue weighted by atomic mass is 16.2. The van der Waals surface area contributed by atoms with Crippen molar-refractivity contribution in [1.82, 2.24) is 10.2 Å². The van der Waals surface area contributed by atoms with Crippen LogP contribution in [0.3, 0.4) is 0 Å². The Balaban J connectivity index is 2.74. The number of hydrogen-bond donors (Lipinski definition) is 2.